The zero-order valence-corrected chi connectivity index (χ0v) is 13.6. The molecule has 0 atom stereocenters. The number of ketones is 1. The largest absolute Gasteiger partial charge is 0.496 e. The van der Waals surface area contributed by atoms with Crippen molar-refractivity contribution in [1.82, 2.24) is 0 Å². The van der Waals surface area contributed by atoms with Crippen molar-refractivity contribution in [2.45, 2.75) is 0 Å². The molecule has 0 aliphatic rings. The summed E-state index contributed by atoms with van der Waals surface area (Å²) in [6.07, 6.45) is 4.15. The van der Waals surface area contributed by atoms with Gasteiger partial charge >= 0.3 is 0 Å². The number of benzene rings is 2. The van der Waals surface area contributed by atoms with Gasteiger partial charge in [-0.25, -0.2) is 8.42 Å². The first-order valence-electron chi connectivity index (χ1n) is 6.82. The molecule has 6 heteroatoms. The van der Waals surface area contributed by atoms with Crippen LogP contribution >= 0.6 is 0 Å². The first-order valence-corrected chi connectivity index (χ1v) is 8.71. The van der Waals surface area contributed by atoms with Crippen LogP contribution < -0.4 is 9.46 Å². The summed E-state index contributed by atoms with van der Waals surface area (Å²) in [5.41, 5.74) is 1.53. The molecule has 0 aromatic heterocycles. The number of nitrogens with one attached hydrogen (secondary N) is 1. The van der Waals surface area contributed by atoms with Gasteiger partial charge in [-0.15, -0.1) is 0 Å². The van der Waals surface area contributed by atoms with Crippen molar-refractivity contribution in [1.29, 1.82) is 0 Å². The van der Waals surface area contributed by atoms with Gasteiger partial charge in [0.2, 0.25) is 10.0 Å². The Morgan fingerprint density at radius 1 is 1.13 bits per heavy atom. The molecule has 0 spiro atoms. The van der Waals surface area contributed by atoms with Crippen LogP contribution in [-0.4, -0.2) is 27.6 Å². The van der Waals surface area contributed by atoms with E-state index in [1.807, 2.05) is 18.2 Å². The fraction of sp³-hybridized carbons (Fsp3) is 0.118. The maximum atomic E-state index is 12.2. The first kappa shape index (κ1) is 16.8. The fourth-order valence-corrected chi connectivity index (χ4v) is 2.57. The summed E-state index contributed by atoms with van der Waals surface area (Å²) in [4.78, 5) is 12.2. The standard InChI is InChI=1S/C17H17NO4S/c1-22-17-9-4-3-6-13(17)10-11-16(19)14-7-5-8-15(12-14)18-23(2,20)21/h3-12,18H,1-2H3/b11-10+. The predicted molar refractivity (Wildman–Crippen MR) is 91.3 cm³/mol. The number of ether oxygens (including phenoxy) is 1. The van der Waals surface area contributed by atoms with Gasteiger partial charge in [0.25, 0.3) is 0 Å². The Bertz CT molecular complexity index is 841. The highest BCUT2D eigenvalue weighted by Crippen LogP contribution is 2.19. The Morgan fingerprint density at radius 2 is 1.87 bits per heavy atom. The summed E-state index contributed by atoms with van der Waals surface area (Å²) in [6, 6.07) is 13.7. The number of para-hydroxylation sites is 1. The second kappa shape index (κ2) is 7.11. The number of hydrogen-bond donors (Lipinski definition) is 1. The molecule has 0 amide bonds. The van der Waals surface area contributed by atoms with E-state index in [4.69, 9.17) is 4.74 Å². The van der Waals surface area contributed by atoms with Crippen LogP contribution in [0.3, 0.4) is 0 Å². The van der Waals surface area contributed by atoms with Crippen LogP contribution in [-0.2, 0) is 10.0 Å². The molecule has 2 aromatic rings. The molecule has 0 radical (unpaired) electrons. The van der Waals surface area contributed by atoms with Crippen molar-refractivity contribution in [3.8, 4) is 5.75 Å². The van der Waals surface area contributed by atoms with E-state index in [1.165, 1.54) is 12.1 Å². The molecule has 0 fully saturated rings. The van der Waals surface area contributed by atoms with Crippen molar-refractivity contribution in [2.24, 2.45) is 0 Å². The van der Waals surface area contributed by atoms with E-state index in [-0.39, 0.29) is 5.78 Å². The van der Waals surface area contributed by atoms with Gasteiger partial charge < -0.3 is 4.74 Å². The van der Waals surface area contributed by atoms with Crippen molar-refractivity contribution in [3.05, 3.63) is 65.7 Å². The molecule has 0 heterocycles. The molecular weight excluding hydrogens is 314 g/mol. The third-order valence-electron chi connectivity index (χ3n) is 3.00. The summed E-state index contributed by atoms with van der Waals surface area (Å²) in [7, 11) is -1.82. The highest BCUT2D eigenvalue weighted by molar-refractivity contribution is 7.92. The Labute approximate surface area is 135 Å². The summed E-state index contributed by atoms with van der Waals surface area (Å²) < 4.78 is 30.0. The third kappa shape index (κ3) is 4.96. The summed E-state index contributed by atoms with van der Waals surface area (Å²) >= 11 is 0. The Kier molecular flexibility index (Phi) is 5.18. The number of carbonyl (C=O) groups excluding carboxylic acids is 1. The Hall–Kier alpha value is -2.60. The van der Waals surface area contributed by atoms with E-state index in [9.17, 15) is 13.2 Å². The summed E-state index contributed by atoms with van der Waals surface area (Å²) in [5.74, 6) is 0.442. The maximum absolute atomic E-state index is 12.2. The number of sulfonamides is 1. The van der Waals surface area contributed by atoms with Crippen molar-refractivity contribution in [3.63, 3.8) is 0 Å². The minimum Gasteiger partial charge on any atom is -0.496 e. The molecule has 0 unspecified atom stereocenters. The zero-order valence-electron chi connectivity index (χ0n) is 12.8. The van der Waals surface area contributed by atoms with E-state index in [0.29, 0.717) is 17.0 Å². The molecule has 2 rings (SSSR count). The van der Waals surface area contributed by atoms with E-state index >= 15 is 0 Å². The van der Waals surface area contributed by atoms with Crippen LogP contribution in [0.4, 0.5) is 5.69 Å². The maximum Gasteiger partial charge on any atom is 0.229 e. The molecule has 0 saturated carbocycles. The van der Waals surface area contributed by atoms with Gasteiger partial charge in [-0.05, 0) is 30.4 Å². The summed E-state index contributed by atoms with van der Waals surface area (Å²) in [6.45, 7) is 0. The highest BCUT2D eigenvalue weighted by Gasteiger charge is 2.06. The Morgan fingerprint density at radius 3 is 2.57 bits per heavy atom. The normalized spacial score (nSPS) is 11.4. The number of carbonyl (C=O) groups is 1. The van der Waals surface area contributed by atoms with Crippen LogP contribution in [0.15, 0.2) is 54.6 Å². The van der Waals surface area contributed by atoms with Crippen LogP contribution in [0.2, 0.25) is 0 Å². The SMILES string of the molecule is COc1ccccc1/C=C/C(=O)c1cccc(NS(C)(=O)=O)c1. The monoisotopic (exact) mass is 331 g/mol. The van der Waals surface area contributed by atoms with Crippen molar-refractivity contribution < 1.29 is 17.9 Å². The second-order valence-corrected chi connectivity index (χ2v) is 6.64. The van der Waals surface area contributed by atoms with Gasteiger partial charge in [0, 0.05) is 16.8 Å². The minimum atomic E-state index is -3.38. The average molecular weight is 331 g/mol. The lowest BCUT2D eigenvalue weighted by Gasteiger charge is -2.05. The smallest absolute Gasteiger partial charge is 0.229 e. The first-order chi connectivity index (χ1) is 10.9. The van der Waals surface area contributed by atoms with Crippen molar-refractivity contribution in [2.75, 3.05) is 18.1 Å². The lowest BCUT2D eigenvalue weighted by molar-refractivity contribution is 0.104. The molecule has 1 N–H and O–H groups in total. The van der Waals surface area contributed by atoms with Crippen LogP contribution in [0.5, 0.6) is 5.75 Å². The number of allylic oxidation sites excluding steroid dienone is 1. The molecule has 0 bridgehead atoms. The molecule has 0 aliphatic heterocycles. The van der Waals surface area contributed by atoms with Gasteiger partial charge in [-0.3, -0.25) is 9.52 Å². The van der Waals surface area contributed by atoms with Gasteiger partial charge in [0.05, 0.1) is 13.4 Å². The second-order valence-electron chi connectivity index (χ2n) is 4.89. The third-order valence-corrected chi connectivity index (χ3v) is 3.61. The van der Waals surface area contributed by atoms with E-state index in [1.54, 1.807) is 37.5 Å². The molecule has 120 valence electrons. The zero-order chi connectivity index (χ0) is 16.9. The van der Waals surface area contributed by atoms with Gasteiger partial charge in [-0.2, -0.15) is 0 Å². The van der Waals surface area contributed by atoms with Crippen LogP contribution in [0.1, 0.15) is 15.9 Å². The molecule has 5 nitrogen and oxygen atoms in total. The molecule has 23 heavy (non-hydrogen) atoms. The molecular formula is C17H17NO4S. The number of methoxy groups -OCH3 is 1. The molecule has 2 aromatic carbocycles. The number of rotatable bonds is 6. The Balaban J connectivity index is 2.21. The van der Waals surface area contributed by atoms with Gasteiger partial charge in [0.1, 0.15) is 5.75 Å². The van der Waals surface area contributed by atoms with Gasteiger partial charge in [-0.1, -0.05) is 30.3 Å². The van der Waals surface area contributed by atoms with E-state index in [2.05, 4.69) is 4.72 Å². The lowest BCUT2D eigenvalue weighted by atomic mass is 10.1. The van der Waals surface area contributed by atoms with E-state index < -0.39 is 10.0 Å². The fourth-order valence-electron chi connectivity index (χ4n) is 2.02. The minimum absolute atomic E-state index is 0.229. The van der Waals surface area contributed by atoms with Crippen LogP contribution in [0.25, 0.3) is 6.08 Å². The number of anilines is 1. The van der Waals surface area contributed by atoms with Gasteiger partial charge in [0.15, 0.2) is 5.78 Å². The predicted octanol–water partition coefficient (Wildman–Crippen LogP) is 2.96. The van der Waals surface area contributed by atoms with Crippen molar-refractivity contribution >= 4 is 27.6 Å². The number of hydrogen-bond acceptors (Lipinski definition) is 4. The average Bonchev–Trinajstić information content (AvgIpc) is 2.51. The molecule has 0 aliphatic carbocycles. The van der Waals surface area contributed by atoms with Crippen LogP contribution in [0, 0.1) is 0 Å². The quantitative estimate of drug-likeness (QED) is 0.652. The highest BCUT2D eigenvalue weighted by atomic mass is 32.2. The summed E-state index contributed by atoms with van der Waals surface area (Å²) in [5, 5.41) is 0. The topological polar surface area (TPSA) is 72.5 Å². The molecule has 0 saturated heterocycles. The lowest BCUT2D eigenvalue weighted by Crippen LogP contribution is -2.10. The van der Waals surface area contributed by atoms with E-state index in [0.717, 1.165) is 11.8 Å².